The van der Waals surface area contributed by atoms with Crippen LogP contribution < -0.4 is 19.6 Å². The van der Waals surface area contributed by atoms with Gasteiger partial charge in [-0.25, -0.2) is 0 Å². The Morgan fingerprint density at radius 1 is 0.717 bits per heavy atom. The maximum absolute atomic E-state index is 13.6. The van der Waals surface area contributed by atoms with Gasteiger partial charge in [0.25, 0.3) is 0 Å². The number of carbonyl (C=O) groups excluding carboxylic acids is 7. The van der Waals surface area contributed by atoms with Gasteiger partial charge >= 0.3 is 35.8 Å². The Morgan fingerprint density at radius 2 is 1.36 bits per heavy atom. The summed E-state index contributed by atoms with van der Waals surface area (Å²) in [5.74, 6) is -5.14. The Hall–Kier alpha value is -6.10. The van der Waals surface area contributed by atoms with Crippen LogP contribution >= 0.6 is 0 Å². The van der Waals surface area contributed by atoms with E-state index in [0.29, 0.717) is 0 Å². The molecule has 4 rings (SSSR count). The van der Waals surface area contributed by atoms with Gasteiger partial charge in [0, 0.05) is 65.7 Å². The third-order valence-electron chi connectivity index (χ3n) is 7.26. The summed E-state index contributed by atoms with van der Waals surface area (Å²) >= 11 is 0. The van der Waals surface area contributed by atoms with Crippen LogP contribution in [-0.2, 0) is 63.7 Å². The van der Waals surface area contributed by atoms with Crippen LogP contribution in [0.4, 0.5) is 0 Å². The molecular formula is C36H36O17. The predicted molar refractivity (Wildman–Crippen MR) is 178 cm³/mol. The summed E-state index contributed by atoms with van der Waals surface area (Å²) in [6, 6.07) is 7.95. The maximum Gasteiger partial charge on any atom is 0.308 e. The molecule has 53 heavy (non-hydrogen) atoms. The number of benzene rings is 2. The molecule has 0 unspecified atom stereocenters. The monoisotopic (exact) mass is 740 g/mol. The highest BCUT2D eigenvalue weighted by Crippen LogP contribution is 2.37. The highest BCUT2D eigenvalue weighted by molar-refractivity contribution is 5.89. The van der Waals surface area contributed by atoms with Crippen LogP contribution in [0.25, 0.3) is 22.3 Å². The van der Waals surface area contributed by atoms with Gasteiger partial charge in [-0.3, -0.25) is 38.4 Å². The van der Waals surface area contributed by atoms with Gasteiger partial charge in [0.1, 0.15) is 35.6 Å². The first-order chi connectivity index (χ1) is 24.9. The van der Waals surface area contributed by atoms with Crippen molar-refractivity contribution in [2.24, 2.45) is 0 Å². The molecular weight excluding hydrogens is 704 g/mol. The highest BCUT2D eigenvalue weighted by atomic mass is 16.7. The SMILES string of the molecule is CC(=O)Cc1cc(O[C@@H]2O[C@@H]([C@@H](COC(C)=O)OC(C)=O)[C@@H](OC(C)=O)[C@@H]2OC(C)=O)cc2oc(-c3ccc(OC(C)=O)c(OC(C)=O)c3)cc(=O)c12. The van der Waals surface area contributed by atoms with E-state index >= 15 is 0 Å². The Morgan fingerprint density at radius 3 is 1.94 bits per heavy atom. The van der Waals surface area contributed by atoms with Crippen LogP contribution in [0.2, 0.25) is 0 Å². The van der Waals surface area contributed by atoms with E-state index in [-0.39, 0.29) is 57.3 Å². The lowest BCUT2D eigenvalue weighted by atomic mass is 10.0. The lowest BCUT2D eigenvalue weighted by Gasteiger charge is -2.27. The smallest absolute Gasteiger partial charge is 0.308 e. The van der Waals surface area contributed by atoms with Crippen molar-refractivity contribution in [1.82, 2.24) is 0 Å². The van der Waals surface area contributed by atoms with E-state index in [0.717, 1.165) is 47.6 Å². The number of hydrogen-bond acceptors (Lipinski definition) is 17. The van der Waals surface area contributed by atoms with Crippen LogP contribution in [-0.4, -0.2) is 78.9 Å². The third-order valence-corrected chi connectivity index (χ3v) is 7.26. The lowest BCUT2D eigenvalue weighted by molar-refractivity contribution is -0.180. The molecule has 0 spiro atoms. The molecule has 17 nitrogen and oxygen atoms in total. The zero-order valence-corrected chi connectivity index (χ0v) is 29.7. The van der Waals surface area contributed by atoms with E-state index < -0.39 is 78.6 Å². The molecule has 1 saturated heterocycles. The van der Waals surface area contributed by atoms with Crippen molar-refractivity contribution in [3.05, 3.63) is 52.2 Å². The minimum absolute atomic E-state index is 0.0178. The molecule has 0 radical (unpaired) electrons. The number of fused-ring (bicyclic) bond motifs is 1. The predicted octanol–water partition coefficient (Wildman–Crippen LogP) is 2.90. The molecule has 0 amide bonds. The summed E-state index contributed by atoms with van der Waals surface area (Å²) in [5, 5.41) is 0.0314. The standard InChI is InChI=1S/C36H36O17/c1-16(37)10-24-11-25(13-30-32(24)26(44)14-28(52-30)23-8-9-27(46-18(3)39)29(12-23)47-19(4)40)51-36-35(50-22(7)43)34(49-21(6)42)33(53-36)31(48-20(5)41)15-45-17(2)38/h8-9,11-14,31,33-36H,10,15H2,1-7H3/t31-,33+,34-,35+,36-/m1/s1. The van der Waals surface area contributed by atoms with Crippen LogP contribution in [0.1, 0.15) is 54.0 Å². The fourth-order valence-corrected chi connectivity index (χ4v) is 5.53. The Bertz CT molecular complexity index is 2010. The summed E-state index contributed by atoms with van der Waals surface area (Å²) in [7, 11) is 0. The average Bonchev–Trinajstić information content (AvgIpc) is 3.33. The molecule has 3 aromatic rings. The van der Waals surface area contributed by atoms with Crippen molar-refractivity contribution < 1.29 is 75.9 Å². The zero-order chi connectivity index (χ0) is 39.1. The number of ether oxygens (including phenoxy) is 8. The minimum atomic E-state index is -1.57. The van der Waals surface area contributed by atoms with Crippen LogP contribution in [0, 0.1) is 0 Å². The molecule has 1 fully saturated rings. The van der Waals surface area contributed by atoms with Gasteiger partial charge in [-0.05, 0) is 36.8 Å². The Kier molecular flexibility index (Phi) is 12.7. The molecule has 282 valence electrons. The fraction of sp³-hybridized carbons (Fsp3) is 0.389. The van der Waals surface area contributed by atoms with Crippen molar-refractivity contribution in [2.45, 2.75) is 85.6 Å². The number of esters is 6. The first kappa shape index (κ1) is 39.7. The maximum atomic E-state index is 13.6. The minimum Gasteiger partial charge on any atom is -0.462 e. The zero-order valence-electron chi connectivity index (χ0n) is 29.7. The molecule has 17 heteroatoms. The first-order valence-electron chi connectivity index (χ1n) is 16.0. The summed E-state index contributed by atoms with van der Waals surface area (Å²) in [5.41, 5.74) is -0.191. The summed E-state index contributed by atoms with van der Waals surface area (Å²) < 4.78 is 49.9. The molecule has 1 aliphatic rings. The van der Waals surface area contributed by atoms with E-state index in [1.165, 1.54) is 37.3 Å². The molecule has 0 N–H and O–H groups in total. The summed E-state index contributed by atoms with van der Waals surface area (Å²) in [6.07, 6.45) is -7.47. The Balaban J connectivity index is 1.83. The quantitative estimate of drug-likeness (QED) is 0.140. The number of Topliss-reactive ketones (excluding diaryl/α,β-unsaturated/α-hetero) is 1. The molecule has 0 bridgehead atoms. The third kappa shape index (κ3) is 10.5. The van der Waals surface area contributed by atoms with Crippen molar-refractivity contribution in [3.8, 4) is 28.6 Å². The van der Waals surface area contributed by atoms with E-state index in [2.05, 4.69) is 0 Å². The van der Waals surface area contributed by atoms with E-state index in [1.807, 2.05) is 0 Å². The number of carbonyl (C=O) groups is 7. The van der Waals surface area contributed by atoms with Gasteiger partial charge in [0.15, 0.2) is 29.1 Å². The van der Waals surface area contributed by atoms with Crippen molar-refractivity contribution >= 4 is 52.6 Å². The topological polar surface area (TPSA) is 224 Å². The van der Waals surface area contributed by atoms with Crippen LogP contribution in [0.3, 0.4) is 0 Å². The van der Waals surface area contributed by atoms with Gasteiger partial charge in [0.05, 0.1) is 5.39 Å². The van der Waals surface area contributed by atoms with Crippen LogP contribution in [0.5, 0.6) is 17.2 Å². The number of hydrogen-bond donors (Lipinski definition) is 0. The Labute approximate surface area is 301 Å². The second kappa shape index (κ2) is 16.9. The summed E-state index contributed by atoms with van der Waals surface area (Å²) in [4.78, 5) is 97.3. The van der Waals surface area contributed by atoms with Crippen molar-refractivity contribution in [2.75, 3.05) is 6.61 Å². The normalized spacial score (nSPS) is 18.3. The highest BCUT2D eigenvalue weighted by Gasteiger charge is 2.54. The van der Waals surface area contributed by atoms with Gasteiger partial charge in [-0.1, -0.05) is 0 Å². The van der Waals surface area contributed by atoms with Gasteiger partial charge < -0.3 is 42.3 Å². The van der Waals surface area contributed by atoms with E-state index in [9.17, 15) is 38.4 Å². The van der Waals surface area contributed by atoms with Gasteiger partial charge in [-0.15, -0.1) is 0 Å². The largest absolute Gasteiger partial charge is 0.462 e. The molecule has 1 aromatic heterocycles. The van der Waals surface area contributed by atoms with Crippen molar-refractivity contribution in [3.63, 3.8) is 0 Å². The van der Waals surface area contributed by atoms with E-state index in [1.54, 1.807) is 0 Å². The van der Waals surface area contributed by atoms with Gasteiger partial charge in [-0.2, -0.15) is 0 Å². The number of rotatable bonds is 13. The molecule has 5 atom stereocenters. The second-order valence-electron chi connectivity index (χ2n) is 11.8. The summed E-state index contributed by atoms with van der Waals surface area (Å²) in [6.45, 7) is 7.47. The number of ketones is 1. The first-order valence-corrected chi connectivity index (χ1v) is 16.0. The molecule has 2 heterocycles. The van der Waals surface area contributed by atoms with Crippen LogP contribution in [0.15, 0.2) is 45.6 Å². The fourth-order valence-electron chi connectivity index (χ4n) is 5.53. The van der Waals surface area contributed by atoms with E-state index in [4.69, 9.17) is 42.3 Å². The second-order valence-corrected chi connectivity index (χ2v) is 11.8. The molecule has 2 aromatic carbocycles. The average molecular weight is 741 g/mol. The molecule has 0 saturated carbocycles. The van der Waals surface area contributed by atoms with Gasteiger partial charge in [0.2, 0.25) is 12.4 Å². The lowest BCUT2D eigenvalue weighted by Crippen LogP contribution is -2.47. The van der Waals surface area contributed by atoms with Crippen molar-refractivity contribution in [1.29, 1.82) is 0 Å². The molecule has 1 aliphatic heterocycles. The molecule has 0 aliphatic carbocycles.